The van der Waals surface area contributed by atoms with Crippen LogP contribution in [0.3, 0.4) is 0 Å². The second-order valence-corrected chi connectivity index (χ2v) is 11.1. The van der Waals surface area contributed by atoms with Crippen LogP contribution < -0.4 is 0 Å². The number of carbonyl (C=O) groups is 3. The third-order valence-electron chi connectivity index (χ3n) is 7.36. The number of carbonyl (C=O) groups excluding carboxylic acids is 3. The van der Waals surface area contributed by atoms with E-state index in [-0.39, 0.29) is 25.6 Å². The number of benzene rings is 2. The van der Waals surface area contributed by atoms with Crippen molar-refractivity contribution in [3.8, 4) is 11.8 Å². The molecular weight excluding hydrogens is 528 g/mol. The van der Waals surface area contributed by atoms with Gasteiger partial charge in [0.1, 0.15) is 5.60 Å². The number of ether oxygens (including phenoxy) is 4. The van der Waals surface area contributed by atoms with E-state index < -0.39 is 35.1 Å². The van der Waals surface area contributed by atoms with Crippen LogP contribution in [0.25, 0.3) is 0 Å². The van der Waals surface area contributed by atoms with Crippen LogP contribution in [0.4, 0.5) is 14.4 Å². The maximum Gasteiger partial charge on any atom is 0.509 e. The number of amides is 2. The zero-order valence-corrected chi connectivity index (χ0v) is 24.0. The molecule has 41 heavy (non-hydrogen) atoms. The summed E-state index contributed by atoms with van der Waals surface area (Å²) in [5, 5.41) is 10.6. The van der Waals surface area contributed by atoms with Crippen molar-refractivity contribution in [2.24, 2.45) is 0 Å². The summed E-state index contributed by atoms with van der Waals surface area (Å²) in [4.78, 5) is 39.9. The van der Waals surface area contributed by atoms with Gasteiger partial charge in [-0.25, -0.2) is 14.4 Å². The molecule has 2 aliphatic heterocycles. The van der Waals surface area contributed by atoms with Crippen LogP contribution in [0.15, 0.2) is 54.6 Å². The molecule has 0 spiro atoms. The Hall–Kier alpha value is -4.23. The maximum absolute atomic E-state index is 13.3. The van der Waals surface area contributed by atoms with E-state index >= 15 is 0 Å². The van der Waals surface area contributed by atoms with Gasteiger partial charge in [-0.3, -0.25) is 4.90 Å². The fourth-order valence-corrected chi connectivity index (χ4v) is 5.30. The third kappa shape index (κ3) is 6.74. The lowest BCUT2D eigenvalue weighted by atomic mass is 9.80. The van der Waals surface area contributed by atoms with Crippen molar-refractivity contribution >= 4 is 18.3 Å². The number of rotatable bonds is 6. The molecule has 0 aliphatic carbocycles. The van der Waals surface area contributed by atoms with Crippen LogP contribution in [0.2, 0.25) is 0 Å². The molecule has 10 nitrogen and oxygen atoms in total. The molecule has 0 saturated carbocycles. The molecule has 0 aromatic heterocycles. The van der Waals surface area contributed by atoms with Crippen molar-refractivity contribution in [3.05, 3.63) is 71.3 Å². The summed E-state index contributed by atoms with van der Waals surface area (Å²) in [6.45, 7) is 5.94. The first-order chi connectivity index (χ1) is 19.4. The van der Waals surface area contributed by atoms with Gasteiger partial charge in [-0.1, -0.05) is 48.4 Å². The Bertz CT molecular complexity index is 1320. The first-order valence-corrected chi connectivity index (χ1v) is 13.4. The van der Waals surface area contributed by atoms with Crippen molar-refractivity contribution in [3.63, 3.8) is 0 Å². The topological polar surface area (TPSA) is 115 Å². The van der Waals surface area contributed by atoms with E-state index in [0.717, 1.165) is 11.1 Å². The Labute approximate surface area is 240 Å². The average molecular weight is 565 g/mol. The van der Waals surface area contributed by atoms with E-state index in [1.807, 2.05) is 61.5 Å². The number of hydrogen-bond donors (Lipinski definition) is 1. The molecule has 4 rings (SSSR count). The van der Waals surface area contributed by atoms with Crippen LogP contribution in [0, 0.1) is 11.8 Å². The highest BCUT2D eigenvalue weighted by Gasteiger charge is 2.49. The number of hydrogen-bond acceptors (Lipinski definition) is 8. The van der Waals surface area contributed by atoms with Gasteiger partial charge in [0.25, 0.3) is 0 Å². The molecule has 1 N–H and O–H groups in total. The van der Waals surface area contributed by atoms with Crippen molar-refractivity contribution in [1.29, 1.82) is 0 Å². The van der Waals surface area contributed by atoms with Gasteiger partial charge in [-0.05, 0) is 50.0 Å². The molecule has 2 amide bonds. The standard InChI is InChI=1S/C31H36N2O8/c1-22(33-18-17-31(40-27(33)35,19-29(2,3)37)25-9-7-6-8-10-25)24-13-11-23(12-14-24)15-16-30(41-28(36)39-5)20-32(21-30)26(34)38-4/h6-14,22,37H,17-21H2,1-5H3. The first-order valence-electron chi connectivity index (χ1n) is 13.4. The number of aliphatic hydroxyl groups is 1. The highest BCUT2D eigenvalue weighted by atomic mass is 16.7. The summed E-state index contributed by atoms with van der Waals surface area (Å²) in [5.41, 5.74) is -0.722. The fourth-order valence-electron chi connectivity index (χ4n) is 5.30. The Morgan fingerprint density at radius 3 is 2.29 bits per heavy atom. The highest BCUT2D eigenvalue weighted by Crippen LogP contribution is 2.42. The lowest BCUT2D eigenvalue weighted by Crippen LogP contribution is -2.64. The molecule has 2 aromatic rings. The molecule has 218 valence electrons. The van der Waals surface area contributed by atoms with Gasteiger partial charge in [0.05, 0.1) is 39.0 Å². The molecule has 2 saturated heterocycles. The molecular formula is C31H36N2O8. The van der Waals surface area contributed by atoms with E-state index in [1.165, 1.54) is 19.1 Å². The smallest absolute Gasteiger partial charge is 0.453 e. The monoisotopic (exact) mass is 564 g/mol. The van der Waals surface area contributed by atoms with Crippen LogP contribution in [-0.4, -0.2) is 78.3 Å². The molecule has 0 bridgehead atoms. The Morgan fingerprint density at radius 2 is 1.73 bits per heavy atom. The summed E-state index contributed by atoms with van der Waals surface area (Å²) < 4.78 is 20.8. The molecule has 10 heteroatoms. The summed E-state index contributed by atoms with van der Waals surface area (Å²) >= 11 is 0. The molecule has 2 atom stereocenters. The van der Waals surface area contributed by atoms with Crippen LogP contribution in [-0.2, 0) is 24.5 Å². The van der Waals surface area contributed by atoms with E-state index in [9.17, 15) is 19.5 Å². The van der Waals surface area contributed by atoms with E-state index in [1.54, 1.807) is 18.7 Å². The van der Waals surface area contributed by atoms with Crippen molar-refractivity contribution in [2.75, 3.05) is 33.9 Å². The Morgan fingerprint density at radius 1 is 1.07 bits per heavy atom. The van der Waals surface area contributed by atoms with Gasteiger partial charge in [0, 0.05) is 24.9 Å². The lowest BCUT2D eigenvalue weighted by Gasteiger charge is -2.45. The summed E-state index contributed by atoms with van der Waals surface area (Å²) in [6.07, 6.45) is -1.05. The van der Waals surface area contributed by atoms with Gasteiger partial charge in [0.2, 0.25) is 5.60 Å². The summed E-state index contributed by atoms with van der Waals surface area (Å²) in [6, 6.07) is 16.7. The maximum atomic E-state index is 13.3. The SMILES string of the molecule is COC(=O)OC1(C#Cc2ccc(C(C)N3CCC(CC(C)(C)O)(c4ccccc4)OC3=O)cc2)CN(C(=O)OC)C1. The molecule has 0 radical (unpaired) electrons. The van der Waals surface area contributed by atoms with E-state index in [2.05, 4.69) is 16.6 Å². The minimum atomic E-state index is -1.20. The van der Waals surface area contributed by atoms with Gasteiger partial charge < -0.3 is 29.0 Å². The number of methoxy groups -OCH3 is 2. The zero-order valence-electron chi connectivity index (χ0n) is 24.0. The van der Waals surface area contributed by atoms with Gasteiger partial charge in [0.15, 0.2) is 0 Å². The Balaban J connectivity index is 1.47. The minimum absolute atomic E-state index is 0.0614. The van der Waals surface area contributed by atoms with Crippen LogP contribution in [0.1, 0.15) is 56.3 Å². The van der Waals surface area contributed by atoms with Crippen LogP contribution >= 0.6 is 0 Å². The third-order valence-corrected chi connectivity index (χ3v) is 7.36. The molecule has 2 unspecified atom stereocenters. The largest absolute Gasteiger partial charge is 0.509 e. The average Bonchev–Trinajstić information content (AvgIpc) is 2.93. The second-order valence-electron chi connectivity index (χ2n) is 11.1. The van der Waals surface area contributed by atoms with Gasteiger partial charge in [-0.2, -0.15) is 0 Å². The van der Waals surface area contributed by atoms with Gasteiger partial charge in [-0.15, -0.1) is 0 Å². The predicted octanol–water partition coefficient (Wildman–Crippen LogP) is 4.60. The predicted molar refractivity (Wildman–Crippen MR) is 149 cm³/mol. The first kappa shape index (κ1) is 29.7. The molecule has 2 heterocycles. The quantitative estimate of drug-likeness (QED) is 0.308. The van der Waals surface area contributed by atoms with E-state index in [0.29, 0.717) is 18.5 Å². The molecule has 2 aliphatic rings. The van der Waals surface area contributed by atoms with Crippen molar-refractivity contribution < 1.29 is 38.4 Å². The van der Waals surface area contributed by atoms with Gasteiger partial charge >= 0.3 is 18.3 Å². The second kappa shape index (κ2) is 11.7. The molecule has 2 fully saturated rings. The fraction of sp³-hybridized carbons (Fsp3) is 0.452. The van der Waals surface area contributed by atoms with E-state index in [4.69, 9.17) is 14.2 Å². The number of likely N-dealkylation sites (tertiary alicyclic amines) is 1. The Kier molecular flexibility index (Phi) is 8.50. The van der Waals surface area contributed by atoms with Crippen LogP contribution in [0.5, 0.6) is 0 Å². The van der Waals surface area contributed by atoms with Crippen molar-refractivity contribution in [2.45, 2.75) is 56.5 Å². The number of nitrogens with zero attached hydrogens (tertiary/aromatic N) is 2. The normalized spacial score (nSPS) is 20.5. The lowest BCUT2D eigenvalue weighted by molar-refractivity contribution is -0.101. The summed E-state index contributed by atoms with van der Waals surface area (Å²) in [7, 11) is 2.48. The minimum Gasteiger partial charge on any atom is -0.453 e. The van der Waals surface area contributed by atoms with Crippen molar-refractivity contribution in [1.82, 2.24) is 9.80 Å². The number of cyclic esters (lactones) is 1. The zero-order chi connectivity index (χ0) is 29.8. The molecule has 2 aromatic carbocycles. The summed E-state index contributed by atoms with van der Waals surface area (Å²) in [5.74, 6) is 5.97. The highest BCUT2D eigenvalue weighted by molar-refractivity contribution is 5.71.